The summed E-state index contributed by atoms with van der Waals surface area (Å²) in [6, 6.07) is 0. The summed E-state index contributed by atoms with van der Waals surface area (Å²) >= 11 is 0. The summed E-state index contributed by atoms with van der Waals surface area (Å²) in [5, 5.41) is 0. The SMILES string of the molecule is CCCC(=O)N1CCC[C@H](C(=O)N2CCCC2)C1. The molecule has 4 nitrogen and oxygen atoms in total. The fourth-order valence-electron chi connectivity index (χ4n) is 2.97. The number of piperidine rings is 1. The van der Waals surface area contributed by atoms with E-state index in [0.29, 0.717) is 13.0 Å². The monoisotopic (exact) mass is 252 g/mol. The number of likely N-dealkylation sites (tertiary alicyclic amines) is 2. The molecule has 2 heterocycles. The van der Waals surface area contributed by atoms with Gasteiger partial charge in [-0.05, 0) is 32.1 Å². The lowest BCUT2D eigenvalue weighted by Gasteiger charge is -2.34. The molecule has 0 N–H and O–H groups in total. The zero-order valence-corrected chi connectivity index (χ0v) is 11.4. The van der Waals surface area contributed by atoms with E-state index in [1.165, 1.54) is 0 Å². The predicted octanol–water partition coefficient (Wildman–Crippen LogP) is 1.65. The van der Waals surface area contributed by atoms with Crippen LogP contribution in [-0.2, 0) is 9.59 Å². The van der Waals surface area contributed by atoms with Crippen LogP contribution in [0.15, 0.2) is 0 Å². The molecular weight excluding hydrogens is 228 g/mol. The van der Waals surface area contributed by atoms with Gasteiger partial charge in [0.25, 0.3) is 0 Å². The first-order valence-electron chi connectivity index (χ1n) is 7.29. The van der Waals surface area contributed by atoms with E-state index in [2.05, 4.69) is 0 Å². The fourth-order valence-corrected chi connectivity index (χ4v) is 2.97. The number of hydrogen-bond donors (Lipinski definition) is 0. The van der Waals surface area contributed by atoms with Crippen LogP contribution in [0.25, 0.3) is 0 Å². The lowest BCUT2D eigenvalue weighted by Crippen LogP contribution is -2.46. The van der Waals surface area contributed by atoms with Crippen LogP contribution in [0.4, 0.5) is 0 Å². The maximum atomic E-state index is 12.3. The number of amides is 2. The van der Waals surface area contributed by atoms with Crippen molar-refractivity contribution in [3.05, 3.63) is 0 Å². The number of nitrogens with zero attached hydrogens (tertiary/aromatic N) is 2. The molecule has 2 rings (SSSR count). The van der Waals surface area contributed by atoms with Gasteiger partial charge >= 0.3 is 0 Å². The second-order valence-corrected chi connectivity index (χ2v) is 5.46. The van der Waals surface area contributed by atoms with Crippen molar-refractivity contribution in [3.8, 4) is 0 Å². The van der Waals surface area contributed by atoms with Gasteiger partial charge in [0.2, 0.25) is 11.8 Å². The minimum atomic E-state index is 0.0534. The first-order valence-corrected chi connectivity index (χ1v) is 7.29. The van der Waals surface area contributed by atoms with Gasteiger partial charge in [-0.1, -0.05) is 6.92 Å². The predicted molar refractivity (Wildman–Crippen MR) is 70.0 cm³/mol. The summed E-state index contributed by atoms with van der Waals surface area (Å²) in [6.07, 6.45) is 5.70. The van der Waals surface area contributed by atoms with E-state index >= 15 is 0 Å². The number of hydrogen-bond acceptors (Lipinski definition) is 2. The van der Waals surface area contributed by atoms with Crippen LogP contribution in [0.2, 0.25) is 0 Å². The van der Waals surface area contributed by atoms with E-state index in [-0.39, 0.29) is 17.7 Å². The number of carbonyl (C=O) groups excluding carboxylic acids is 2. The molecule has 2 fully saturated rings. The molecule has 0 saturated carbocycles. The van der Waals surface area contributed by atoms with Crippen LogP contribution in [0.5, 0.6) is 0 Å². The van der Waals surface area contributed by atoms with Gasteiger partial charge in [-0.15, -0.1) is 0 Å². The Bertz CT molecular complexity index is 311. The summed E-state index contributed by atoms with van der Waals surface area (Å²) in [6.45, 7) is 5.34. The third-order valence-electron chi connectivity index (χ3n) is 4.00. The van der Waals surface area contributed by atoms with Gasteiger partial charge in [0.15, 0.2) is 0 Å². The molecule has 2 saturated heterocycles. The minimum Gasteiger partial charge on any atom is -0.342 e. The maximum Gasteiger partial charge on any atom is 0.227 e. The summed E-state index contributed by atoms with van der Waals surface area (Å²) < 4.78 is 0. The highest BCUT2D eigenvalue weighted by Gasteiger charge is 2.31. The minimum absolute atomic E-state index is 0.0534. The van der Waals surface area contributed by atoms with Crippen LogP contribution in [0.3, 0.4) is 0 Å². The molecular formula is C14H24N2O2. The van der Waals surface area contributed by atoms with Crippen LogP contribution in [0, 0.1) is 5.92 Å². The topological polar surface area (TPSA) is 40.6 Å². The van der Waals surface area contributed by atoms with Crippen molar-refractivity contribution in [3.63, 3.8) is 0 Å². The molecule has 0 spiro atoms. The Hall–Kier alpha value is -1.06. The Morgan fingerprint density at radius 1 is 1.06 bits per heavy atom. The zero-order chi connectivity index (χ0) is 13.0. The highest BCUT2D eigenvalue weighted by atomic mass is 16.2. The summed E-state index contributed by atoms with van der Waals surface area (Å²) in [7, 11) is 0. The number of rotatable bonds is 3. The maximum absolute atomic E-state index is 12.3. The standard InChI is InChI=1S/C14H24N2O2/c1-2-6-13(17)16-10-5-7-12(11-16)14(18)15-8-3-4-9-15/h12H,2-11H2,1H3/t12-/m0/s1. The van der Waals surface area contributed by atoms with Crippen LogP contribution < -0.4 is 0 Å². The first-order chi connectivity index (χ1) is 8.72. The third kappa shape index (κ3) is 3.03. The second-order valence-electron chi connectivity index (χ2n) is 5.46. The van der Waals surface area contributed by atoms with E-state index in [0.717, 1.165) is 51.7 Å². The average molecular weight is 252 g/mol. The summed E-state index contributed by atoms with van der Waals surface area (Å²) in [5.74, 6) is 0.551. The van der Waals surface area contributed by atoms with Gasteiger partial charge in [-0.25, -0.2) is 0 Å². The Balaban J connectivity index is 1.89. The first kappa shape index (κ1) is 13.4. The Labute approximate surface area is 109 Å². The van der Waals surface area contributed by atoms with Crippen molar-refractivity contribution in [1.82, 2.24) is 9.80 Å². The van der Waals surface area contributed by atoms with E-state index in [9.17, 15) is 9.59 Å². The fraction of sp³-hybridized carbons (Fsp3) is 0.857. The molecule has 0 bridgehead atoms. The molecule has 0 radical (unpaired) electrons. The Morgan fingerprint density at radius 3 is 2.39 bits per heavy atom. The van der Waals surface area contributed by atoms with Crippen LogP contribution in [-0.4, -0.2) is 47.8 Å². The van der Waals surface area contributed by atoms with Gasteiger partial charge in [-0.2, -0.15) is 0 Å². The van der Waals surface area contributed by atoms with Crippen molar-refractivity contribution in [2.24, 2.45) is 5.92 Å². The highest BCUT2D eigenvalue weighted by Crippen LogP contribution is 2.21. The molecule has 102 valence electrons. The van der Waals surface area contributed by atoms with Crippen molar-refractivity contribution in [2.75, 3.05) is 26.2 Å². The van der Waals surface area contributed by atoms with Gasteiger partial charge in [0, 0.05) is 32.6 Å². The largest absolute Gasteiger partial charge is 0.342 e. The van der Waals surface area contributed by atoms with E-state index in [1.807, 2.05) is 16.7 Å². The van der Waals surface area contributed by atoms with Crippen LogP contribution in [0.1, 0.15) is 45.4 Å². The molecule has 0 aromatic carbocycles. The van der Waals surface area contributed by atoms with Crippen molar-refractivity contribution in [2.45, 2.75) is 45.4 Å². The van der Waals surface area contributed by atoms with E-state index < -0.39 is 0 Å². The third-order valence-corrected chi connectivity index (χ3v) is 4.00. The molecule has 18 heavy (non-hydrogen) atoms. The summed E-state index contributed by atoms with van der Waals surface area (Å²) in [4.78, 5) is 28.1. The second kappa shape index (κ2) is 6.21. The van der Waals surface area contributed by atoms with Gasteiger partial charge < -0.3 is 9.80 Å². The van der Waals surface area contributed by atoms with Gasteiger partial charge in [0.05, 0.1) is 5.92 Å². The van der Waals surface area contributed by atoms with Crippen molar-refractivity contribution >= 4 is 11.8 Å². The normalized spacial score (nSPS) is 24.4. The quantitative estimate of drug-likeness (QED) is 0.766. The molecule has 0 unspecified atom stereocenters. The van der Waals surface area contributed by atoms with Crippen molar-refractivity contribution < 1.29 is 9.59 Å². The smallest absolute Gasteiger partial charge is 0.227 e. The molecule has 2 aliphatic heterocycles. The number of carbonyl (C=O) groups is 2. The molecule has 2 amide bonds. The van der Waals surface area contributed by atoms with Gasteiger partial charge in [0.1, 0.15) is 0 Å². The van der Waals surface area contributed by atoms with Crippen LogP contribution >= 0.6 is 0 Å². The summed E-state index contributed by atoms with van der Waals surface area (Å²) in [5.41, 5.74) is 0. The molecule has 0 aromatic rings. The molecule has 1 atom stereocenters. The Morgan fingerprint density at radius 2 is 1.72 bits per heavy atom. The molecule has 2 aliphatic rings. The molecule has 4 heteroatoms. The molecule has 0 aromatic heterocycles. The van der Waals surface area contributed by atoms with Gasteiger partial charge in [-0.3, -0.25) is 9.59 Å². The lowest BCUT2D eigenvalue weighted by molar-refractivity contribution is -0.140. The zero-order valence-electron chi connectivity index (χ0n) is 11.4. The van der Waals surface area contributed by atoms with E-state index in [4.69, 9.17) is 0 Å². The Kier molecular flexibility index (Phi) is 4.61. The average Bonchev–Trinajstić information content (AvgIpc) is 2.92. The van der Waals surface area contributed by atoms with Crippen molar-refractivity contribution in [1.29, 1.82) is 0 Å². The molecule has 0 aliphatic carbocycles. The van der Waals surface area contributed by atoms with E-state index in [1.54, 1.807) is 0 Å². The highest BCUT2D eigenvalue weighted by molar-refractivity contribution is 5.81. The lowest BCUT2D eigenvalue weighted by atomic mass is 9.96.